The van der Waals surface area contributed by atoms with Crippen molar-refractivity contribution in [3.05, 3.63) is 0 Å². The van der Waals surface area contributed by atoms with Crippen LogP contribution in [0.5, 0.6) is 0 Å². The van der Waals surface area contributed by atoms with E-state index in [9.17, 15) is 0 Å². The van der Waals surface area contributed by atoms with Gasteiger partial charge in [0.25, 0.3) is 0 Å². The van der Waals surface area contributed by atoms with Crippen LogP contribution in [0, 0.1) is 0 Å². The second kappa shape index (κ2) is 18.4. The first-order valence-electron chi connectivity index (χ1n) is 1.13. The van der Waals surface area contributed by atoms with Crippen LogP contribution in [0.15, 0.2) is 0 Å². The second-order valence-electron chi connectivity index (χ2n) is 0.476. The first kappa shape index (κ1) is 23.5. The molecule has 0 aromatic rings. The molecule has 10 heteroatoms. The first-order valence-corrected chi connectivity index (χ1v) is 6.69. The summed E-state index contributed by atoms with van der Waals surface area (Å²) in [6, 6.07) is 0. The third-order valence-electron chi connectivity index (χ3n) is 0. The summed E-state index contributed by atoms with van der Waals surface area (Å²) < 4.78 is 49.1. The summed E-state index contributed by atoms with van der Waals surface area (Å²) in [7, 11) is 0. The molecule has 0 aliphatic heterocycles. The fraction of sp³-hybridized carbons (Fsp3) is 0. The van der Waals surface area contributed by atoms with Gasteiger partial charge in [0.05, 0.1) is 0 Å². The van der Waals surface area contributed by atoms with Crippen LogP contribution in [0.25, 0.3) is 0 Å². The van der Waals surface area contributed by atoms with Crippen LogP contribution in [-0.2, 0) is 50.6 Å². The molecule has 0 saturated heterocycles. The average Bonchev–Trinajstić information content (AvgIpc) is 1.25. The summed E-state index contributed by atoms with van der Waals surface area (Å²) in [5, 5.41) is 0. The molecule has 0 aromatic heterocycles. The van der Waals surface area contributed by atoms with E-state index in [0.717, 1.165) is 0 Å². The number of hydrogen-bond donors (Lipinski definition) is 2. The van der Waals surface area contributed by atoms with E-state index in [-0.39, 0.29) is 94.4 Å². The van der Waals surface area contributed by atoms with Gasteiger partial charge in [-0.1, -0.05) is 0 Å². The summed E-state index contributed by atoms with van der Waals surface area (Å²) in [6.07, 6.45) is 0. The fourth-order valence-corrected chi connectivity index (χ4v) is 0. The molecule has 0 atom stereocenters. The van der Waals surface area contributed by atoms with Gasteiger partial charge in [-0.05, 0) is 0 Å². The van der Waals surface area contributed by atoms with Gasteiger partial charge in [0.2, 0.25) is 0 Å². The minimum absolute atomic E-state index is 0. The molecule has 0 bridgehead atoms. The summed E-state index contributed by atoms with van der Waals surface area (Å²) in [5.74, 6) is 0. The van der Waals surface area contributed by atoms with Crippen LogP contribution in [0.1, 0.15) is 0 Å². The van der Waals surface area contributed by atoms with Gasteiger partial charge in [-0.25, -0.2) is 0 Å². The van der Waals surface area contributed by atoms with Crippen LogP contribution >= 0.6 is 0 Å². The van der Waals surface area contributed by atoms with Gasteiger partial charge < -0.3 is 0 Å². The normalized spacial score (nSPS) is 5.00. The Labute approximate surface area is 148 Å². The Kier molecular flexibility index (Phi) is 43.3. The Bertz CT molecular complexity index is 133. The zero-order valence-electron chi connectivity index (χ0n) is 3.42. The van der Waals surface area contributed by atoms with Gasteiger partial charge in [0.15, 0.2) is 0 Å². The molecule has 0 amide bonds. The van der Waals surface area contributed by atoms with Crippen LogP contribution in [0.4, 0.5) is 0 Å². The third kappa shape index (κ3) is 99.1. The monoisotopic (exact) mass is 514 g/mol. The molecule has 0 aliphatic carbocycles. The van der Waals surface area contributed by atoms with E-state index in [1.807, 2.05) is 0 Å². The van der Waals surface area contributed by atoms with Crippen molar-refractivity contribution < 1.29 is 57.8 Å². The van der Waals surface area contributed by atoms with Crippen LogP contribution in [0.2, 0.25) is 0 Å². The molecule has 0 fully saturated rings. The SMILES string of the molecule is [BaH2].[O]=[Nb](=[O])[OH].[O]=[Nb](=[O])[OH].[SrH2]. The molecule has 0 radical (unpaired) electrons. The van der Waals surface area contributed by atoms with E-state index < -0.39 is 37.6 Å². The Morgan fingerprint density at radius 1 is 0.800 bits per heavy atom. The molecule has 0 saturated carbocycles. The van der Waals surface area contributed by atoms with E-state index in [1.54, 1.807) is 0 Å². The minimum atomic E-state index is -3.95. The standard InChI is InChI=1S/Ba.2Nb.2H2O.4O.Sr.4H/h;;;2*1H2;;;;;;;;;/q;2*+1;;;;;;;;;;;/p-2. The quantitative estimate of drug-likeness (QED) is 0.327. The fourth-order valence-electron chi connectivity index (χ4n) is 0. The van der Waals surface area contributed by atoms with Crippen molar-refractivity contribution >= 4 is 94.4 Å². The number of rotatable bonds is 0. The van der Waals surface area contributed by atoms with Crippen molar-refractivity contribution in [3.63, 3.8) is 0 Å². The van der Waals surface area contributed by atoms with E-state index in [0.29, 0.717) is 0 Å². The molecule has 0 rings (SSSR count). The van der Waals surface area contributed by atoms with Gasteiger partial charge in [-0.15, -0.1) is 0 Å². The van der Waals surface area contributed by atoms with Gasteiger partial charge >= 0.3 is 152 Å². The summed E-state index contributed by atoms with van der Waals surface area (Å²) in [4.78, 5) is 0. The molecule has 2 N–H and O–H groups in total. The Morgan fingerprint density at radius 2 is 0.800 bits per heavy atom. The van der Waals surface area contributed by atoms with Crippen LogP contribution < -0.4 is 0 Å². The maximum atomic E-state index is 8.71. The Balaban J connectivity index is -0.0000000300. The van der Waals surface area contributed by atoms with Crippen molar-refractivity contribution in [1.82, 2.24) is 0 Å². The first-order chi connectivity index (χ1) is 3.46. The molecule has 0 aliphatic rings. The van der Waals surface area contributed by atoms with E-state index in [4.69, 9.17) is 20.2 Å². The summed E-state index contributed by atoms with van der Waals surface area (Å²) in [6.45, 7) is 0. The molecule has 0 aromatic carbocycles. The molecule has 10 heavy (non-hydrogen) atoms. The molecule has 0 unspecified atom stereocenters. The van der Waals surface area contributed by atoms with Crippen LogP contribution in [-0.4, -0.2) is 102 Å². The zero-order valence-corrected chi connectivity index (χ0v) is 7.82. The van der Waals surface area contributed by atoms with Gasteiger partial charge in [0, 0.05) is 0 Å². The second-order valence-corrected chi connectivity index (χ2v) is 2.81. The molecule has 56 valence electrons. The maximum absolute atomic E-state index is 8.71. The van der Waals surface area contributed by atoms with Crippen molar-refractivity contribution in [1.29, 1.82) is 0 Å². The molecule has 6 nitrogen and oxygen atoms in total. The van der Waals surface area contributed by atoms with Gasteiger partial charge in [-0.2, -0.15) is 0 Å². The third-order valence-corrected chi connectivity index (χ3v) is 0. The van der Waals surface area contributed by atoms with Gasteiger partial charge in [-0.3, -0.25) is 0 Å². The molecular weight excluding hydrogens is 507 g/mol. The van der Waals surface area contributed by atoms with Gasteiger partial charge in [0.1, 0.15) is 0 Å². The topological polar surface area (TPSA) is 109 Å². The molecule has 0 heterocycles. The van der Waals surface area contributed by atoms with Crippen LogP contribution in [0.3, 0.4) is 0 Å². The molecule has 0 spiro atoms. The van der Waals surface area contributed by atoms with Crippen molar-refractivity contribution in [2.45, 2.75) is 0 Å². The van der Waals surface area contributed by atoms with E-state index in [1.165, 1.54) is 0 Å². The number of hydrogen-bond acceptors (Lipinski definition) is 4. The average molecular weight is 513 g/mol. The Hall–Kier alpha value is 3.65. The van der Waals surface area contributed by atoms with Crippen molar-refractivity contribution in [3.8, 4) is 0 Å². The van der Waals surface area contributed by atoms with Crippen molar-refractivity contribution in [2.75, 3.05) is 0 Å². The van der Waals surface area contributed by atoms with E-state index >= 15 is 0 Å². The van der Waals surface area contributed by atoms with E-state index in [2.05, 4.69) is 0 Å². The van der Waals surface area contributed by atoms with Crippen molar-refractivity contribution in [2.24, 2.45) is 0 Å². The predicted molar refractivity (Wildman–Crippen MR) is 24.3 cm³/mol. The molecular formula is H6BaNb2O6Sr. The zero-order chi connectivity index (χ0) is 7.15. The summed E-state index contributed by atoms with van der Waals surface area (Å²) >= 11 is -7.90. The Morgan fingerprint density at radius 3 is 0.800 bits per heavy atom. The summed E-state index contributed by atoms with van der Waals surface area (Å²) in [5.41, 5.74) is 0. The predicted octanol–water partition coefficient (Wildman–Crippen LogP) is -3.43.